The largest absolute Gasteiger partial charge is 0.416 e. The predicted octanol–water partition coefficient (Wildman–Crippen LogP) is 2.78. The van der Waals surface area contributed by atoms with E-state index >= 15 is 0 Å². The van der Waals surface area contributed by atoms with Crippen molar-refractivity contribution in [1.29, 1.82) is 0 Å². The third kappa shape index (κ3) is 3.26. The van der Waals surface area contributed by atoms with Gasteiger partial charge >= 0.3 is 6.18 Å². The van der Waals surface area contributed by atoms with E-state index in [9.17, 15) is 17.6 Å². The molecule has 3 rings (SSSR count). The maximum Gasteiger partial charge on any atom is 0.416 e. The van der Waals surface area contributed by atoms with Crippen LogP contribution in [0.15, 0.2) is 24.5 Å². The van der Waals surface area contributed by atoms with Crippen LogP contribution in [0, 0.1) is 5.82 Å². The number of hydrogen-bond donors (Lipinski definition) is 1. The van der Waals surface area contributed by atoms with Gasteiger partial charge in [0.15, 0.2) is 0 Å². The van der Waals surface area contributed by atoms with Gasteiger partial charge in [-0.25, -0.2) is 14.4 Å². The predicted molar refractivity (Wildman–Crippen MR) is 75.7 cm³/mol. The molecule has 2 aromatic rings. The van der Waals surface area contributed by atoms with E-state index in [4.69, 9.17) is 5.73 Å². The van der Waals surface area contributed by atoms with Crippen molar-refractivity contribution in [2.75, 3.05) is 12.3 Å². The Bertz CT molecular complexity index is 730. The molecule has 1 aromatic heterocycles. The average molecular weight is 326 g/mol. The van der Waals surface area contributed by atoms with Crippen molar-refractivity contribution in [2.24, 2.45) is 0 Å². The summed E-state index contributed by atoms with van der Waals surface area (Å²) in [7, 11) is 0. The maximum absolute atomic E-state index is 13.9. The fourth-order valence-electron chi connectivity index (χ4n) is 2.66. The smallest absolute Gasteiger partial charge is 0.383 e. The Morgan fingerprint density at radius 2 is 2.00 bits per heavy atom. The van der Waals surface area contributed by atoms with E-state index in [1.807, 2.05) is 4.90 Å². The van der Waals surface area contributed by atoms with E-state index in [0.717, 1.165) is 17.3 Å². The normalized spacial score (nSPS) is 15.5. The van der Waals surface area contributed by atoms with Gasteiger partial charge in [-0.15, -0.1) is 0 Å². The third-order valence-electron chi connectivity index (χ3n) is 3.89. The zero-order valence-electron chi connectivity index (χ0n) is 12.1. The molecule has 1 aliphatic heterocycles. The maximum atomic E-state index is 13.9. The molecule has 2 N–H and O–H groups in total. The fourth-order valence-corrected chi connectivity index (χ4v) is 2.66. The van der Waals surface area contributed by atoms with Crippen LogP contribution in [0.3, 0.4) is 0 Å². The van der Waals surface area contributed by atoms with Gasteiger partial charge in [-0.1, -0.05) is 6.07 Å². The molecule has 122 valence electrons. The molecule has 0 bridgehead atoms. The Kier molecular flexibility index (Phi) is 3.93. The summed E-state index contributed by atoms with van der Waals surface area (Å²) in [5, 5.41) is 0. The first-order valence-electron chi connectivity index (χ1n) is 7.01. The lowest BCUT2D eigenvalue weighted by Crippen LogP contribution is -2.31. The summed E-state index contributed by atoms with van der Waals surface area (Å²) in [6, 6.07) is 2.62. The average Bonchev–Trinajstić information content (AvgIpc) is 2.48. The van der Waals surface area contributed by atoms with Crippen molar-refractivity contribution in [1.82, 2.24) is 14.9 Å². The minimum absolute atomic E-state index is 0.216. The van der Waals surface area contributed by atoms with Crippen LogP contribution in [0.1, 0.15) is 22.4 Å². The fraction of sp³-hybridized carbons (Fsp3) is 0.333. The van der Waals surface area contributed by atoms with Gasteiger partial charge in [0.2, 0.25) is 0 Å². The number of halogens is 4. The van der Waals surface area contributed by atoms with E-state index in [0.29, 0.717) is 31.4 Å². The molecule has 0 spiro atoms. The van der Waals surface area contributed by atoms with Crippen LogP contribution in [-0.2, 0) is 25.7 Å². The number of aromatic nitrogens is 2. The van der Waals surface area contributed by atoms with Gasteiger partial charge < -0.3 is 5.73 Å². The van der Waals surface area contributed by atoms with Crippen LogP contribution in [-0.4, -0.2) is 21.4 Å². The number of anilines is 1. The summed E-state index contributed by atoms with van der Waals surface area (Å²) < 4.78 is 51.6. The van der Waals surface area contributed by atoms with E-state index in [2.05, 4.69) is 9.97 Å². The van der Waals surface area contributed by atoms with Gasteiger partial charge in [-0.05, 0) is 18.6 Å². The third-order valence-corrected chi connectivity index (χ3v) is 3.89. The molecule has 0 amide bonds. The minimum Gasteiger partial charge on any atom is -0.383 e. The van der Waals surface area contributed by atoms with Gasteiger partial charge in [-0.3, -0.25) is 4.90 Å². The number of nitrogen functional groups attached to an aromatic ring is 1. The summed E-state index contributed by atoms with van der Waals surface area (Å²) in [5.74, 6) is -0.414. The van der Waals surface area contributed by atoms with Crippen LogP contribution in [0.5, 0.6) is 0 Å². The topological polar surface area (TPSA) is 55.0 Å². The zero-order chi connectivity index (χ0) is 16.6. The Balaban J connectivity index is 1.76. The molecule has 1 aliphatic rings. The van der Waals surface area contributed by atoms with Gasteiger partial charge in [0.05, 0.1) is 11.3 Å². The number of fused-ring (bicyclic) bond motifs is 1. The molecule has 4 nitrogen and oxygen atoms in total. The van der Waals surface area contributed by atoms with Gasteiger partial charge in [-0.2, -0.15) is 13.2 Å². The number of nitrogens with zero attached hydrogens (tertiary/aromatic N) is 3. The lowest BCUT2D eigenvalue weighted by molar-refractivity contribution is -0.137. The zero-order valence-corrected chi connectivity index (χ0v) is 12.1. The van der Waals surface area contributed by atoms with Crippen molar-refractivity contribution < 1.29 is 17.6 Å². The molecule has 0 atom stereocenters. The second-order valence-corrected chi connectivity index (χ2v) is 5.45. The Hall–Kier alpha value is -2.22. The molecule has 2 heterocycles. The monoisotopic (exact) mass is 326 g/mol. The molecule has 0 aliphatic carbocycles. The molecular weight excluding hydrogens is 312 g/mol. The highest BCUT2D eigenvalue weighted by Gasteiger charge is 2.31. The van der Waals surface area contributed by atoms with Crippen molar-refractivity contribution in [3.05, 3.63) is 52.7 Å². The molecule has 0 saturated heterocycles. The number of rotatable bonds is 2. The van der Waals surface area contributed by atoms with Crippen LogP contribution >= 0.6 is 0 Å². The first-order chi connectivity index (χ1) is 10.8. The van der Waals surface area contributed by atoms with Crippen molar-refractivity contribution in [3.8, 4) is 0 Å². The second-order valence-electron chi connectivity index (χ2n) is 5.45. The standard InChI is InChI=1S/C15H14F4N4/c16-12-5-10(15(17,18)19)2-1-9(12)6-23-4-3-11-13(7-23)21-8-22-14(11)20/h1-2,5,8H,3-4,6-7H2,(H2,20,21,22). The second kappa shape index (κ2) is 5.77. The van der Waals surface area contributed by atoms with Crippen LogP contribution in [0.25, 0.3) is 0 Å². The Labute approximate surface area is 130 Å². The first-order valence-corrected chi connectivity index (χ1v) is 7.01. The van der Waals surface area contributed by atoms with Crippen molar-refractivity contribution in [3.63, 3.8) is 0 Å². The molecule has 23 heavy (non-hydrogen) atoms. The van der Waals surface area contributed by atoms with Crippen molar-refractivity contribution >= 4 is 5.82 Å². The number of nitrogens with two attached hydrogens (primary N) is 1. The van der Waals surface area contributed by atoms with Crippen LogP contribution < -0.4 is 5.73 Å². The quantitative estimate of drug-likeness (QED) is 0.862. The molecule has 0 fully saturated rings. The van der Waals surface area contributed by atoms with Crippen LogP contribution in [0.4, 0.5) is 23.4 Å². The highest BCUT2D eigenvalue weighted by atomic mass is 19.4. The Morgan fingerprint density at radius 3 is 2.70 bits per heavy atom. The van der Waals surface area contributed by atoms with Crippen LogP contribution in [0.2, 0.25) is 0 Å². The lowest BCUT2D eigenvalue weighted by Gasteiger charge is -2.28. The molecule has 8 heteroatoms. The summed E-state index contributed by atoms with van der Waals surface area (Å²) in [5.41, 5.74) is 6.69. The van der Waals surface area contributed by atoms with E-state index in [1.165, 1.54) is 12.4 Å². The number of hydrogen-bond acceptors (Lipinski definition) is 4. The van der Waals surface area contributed by atoms with E-state index in [-0.39, 0.29) is 12.1 Å². The summed E-state index contributed by atoms with van der Waals surface area (Å²) in [4.78, 5) is 10.0. The molecule has 0 saturated carbocycles. The minimum atomic E-state index is -4.54. The van der Waals surface area contributed by atoms with E-state index in [1.54, 1.807) is 0 Å². The summed E-state index contributed by atoms with van der Waals surface area (Å²) in [6.45, 7) is 1.29. The summed E-state index contributed by atoms with van der Waals surface area (Å²) in [6.07, 6.45) is -2.54. The van der Waals surface area contributed by atoms with Gasteiger partial charge in [0.25, 0.3) is 0 Å². The SMILES string of the molecule is Nc1ncnc2c1CCN(Cc1ccc(C(F)(F)F)cc1F)C2. The van der Waals surface area contributed by atoms with E-state index < -0.39 is 17.6 Å². The summed E-state index contributed by atoms with van der Waals surface area (Å²) >= 11 is 0. The van der Waals surface area contributed by atoms with Gasteiger partial charge in [0.1, 0.15) is 18.0 Å². The molecule has 0 radical (unpaired) electrons. The molecular formula is C15H14F4N4. The van der Waals surface area contributed by atoms with Gasteiger partial charge in [0, 0.05) is 30.8 Å². The number of alkyl halides is 3. The lowest BCUT2D eigenvalue weighted by atomic mass is 10.0. The van der Waals surface area contributed by atoms with Crippen molar-refractivity contribution in [2.45, 2.75) is 25.7 Å². The highest BCUT2D eigenvalue weighted by Crippen LogP contribution is 2.31. The molecule has 1 aromatic carbocycles. The number of benzene rings is 1. The Morgan fingerprint density at radius 1 is 1.22 bits per heavy atom. The highest BCUT2D eigenvalue weighted by molar-refractivity contribution is 5.42. The molecule has 0 unspecified atom stereocenters. The first kappa shape index (κ1) is 15.7.